The van der Waals surface area contributed by atoms with E-state index in [9.17, 15) is 0 Å². The molecule has 0 spiro atoms. The van der Waals surface area contributed by atoms with Crippen molar-refractivity contribution in [1.82, 2.24) is 4.57 Å². The first-order chi connectivity index (χ1) is 26.3. The van der Waals surface area contributed by atoms with Crippen molar-refractivity contribution in [3.8, 4) is 28.3 Å². The van der Waals surface area contributed by atoms with Gasteiger partial charge in [0.2, 0.25) is 0 Å². The number of benzene rings is 8. The fraction of sp³-hybridized carbons (Fsp3) is 0. The molecule has 11 aromatic rings. The quantitative estimate of drug-likeness (QED) is 0.186. The number of aromatic nitrogens is 1. The molecular formula is C48H28N2O3. The second kappa shape index (κ2) is 10.6. The monoisotopic (exact) mass is 680 g/mol. The van der Waals surface area contributed by atoms with Crippen LogP contribution in [0, 0.1) is 0 Å². The minimum absolute atomic E-state index is 0.825. The van der Waals surface area contributed by atoms with Crippen LogP contribution in [-0.4, -0.2) is 4.57 Å². The molecule has 1 aliphatic rings. The number of anilines is 3. The number of rotatable bonds is 4. The Bertz CT molecular complexity index is 3160. The molecule has 1 aliphatic heterocycles. The predicted molar refractivity (Wildman–Crippen MR) is 216 cm³/mol. The first-order valence-corrected chi connectivity index (χ1v) is 17.8. The molecule has 0 bridgehead atoms. The number of hydrogen-bond donors (Lipinski definition) is 0. The van der Waals surface area contributed by atoms with Gasteiger partial charge in [-0.25, -0.2) is 0 Å². The molecule has 4 heterocycles. The topological polar surface area (TPSA) is 43.7 Å². The van der Waals surface area contributed by atoms with Crippen molar-refractivity contribution in [1.29, 1.82) is 0 Å². The number of fused-ring (bicyclic) bond motifs is 11. The number of hydrogen-bond acceptors (Lipinski definition) is 4. The van der Waals surface area contributed by atoms with E-state index in [-0.39, 0.29) is 0 Å². The summed E-state index contributed by atoms with van der Waals surface area (Å²) in [6.45, 7) is 0. The summed E-state index contributed by atoms with van der Waals surface area (Å²) in [6.07, 6.45) is 0. The van der Waals surface area contributed by atoms with Crippen molar-refractivity contribution in [2.45, 2.75) is 0 Å². The Morgan fingerprint density at radius 2 is 0.925 bits per heavy atom. The SMILES string of the molecule is c1ccc2c(c1)Oc1cccc3c4cccc(-c5ccc(N(c6cccc7c6oc6ccccc67)c6cccc7c6oc6ccccc67)cc5)c4n-2c13. The third-order valence-electron chi connectivity index (χ3n) is 10.8. The van der Waals surface area contributed by atoms with Crippen molar-refractivity contribution in [2.24, 2.45) is 0 Å². The summed E-state index contributed by atoms with van der Waals surface area (Å²) in [5.74, 6) is 1.72. The Hall–Kier alpha value is -7.24. The molecule has 248 valence electrons. The van der Waals surface area contributed by atoms with Gasteiger partial charge in [-0.05, 0) is 60.2 Å². The highest BCUT2D eigenvalue weighted by atomic mass is 16.5. The third-order valence-corrected chi connectivity index (χ3v) is 10.8. The first kappa shape index (κ1) is 28.5. The molecule has 5 nitrogen and oxygen atoms in total. The van der Waals surface area contributed by atoms with E-state index in [1.54, 1.807) is 0 Å². The fourth-order valence-electron chi connectivity index (χ4n) is 8.50. The fourth-order valence-corrected chi connectivity index (χ4v) is 8.50. The molecule has 5 heteroatoms. The van der Waals surface area contributed by atoms with Gasteiger partial charge in [0.15, 0.2) is 22.7 Å². The van der Waals surface area contributed by atoms with Gasteiger partial charge in [0.1, 0.15) is 11.2 Å². The maximum Gasteiger partial charge on any atom is 0.159 e. The van der Waals surface area contributed by atoms with E-state index < -0.39 is 0 Å². The minimum atomic E-state index is 0.825. The molecule has 12 rings (SSSR count). The highest BCUT2D eigenvalue weighted by Gasteiger charge is 2.26. The smallest absolute Gasteiger partial charge is 0.159 e. The Morgan fingerprint density at radius 1 is 0.396 bits per heavy atom. The third kappa shape index (κ3) is 3.96. The second-order valence-corrected chi connectivity index (χ2v) is 13.6. The summed E-state index contributed by atoms with van der Waals surface area (Å²) in [6, 6.07) is 59.3. The molecule has 0 fully saturated rings. The Kier molecular flexibility index (Phi) is 5.71. The molecule has 0 radical (unpaired) electrons. The van der Waals surface area contributed by atoms with E-state index in [0.717, 1.165) is 100 Å². The molecule has 0 aliphatic carbocycles. The van der Waals surface area contributed by atoms with E-state index in [0.29, 0.717) is 0 Å². The van der Waals surface area contributed by atoms with E-state index in [1.807, 2.05) is 36.4 Å². The molecule has 53 heavy (non-hydrogen) atoms. The van der Waals surface area contributed by atoms with Crippen LogP contribution in [0.25, 0.3) is 82.5 Å². The molecule has 0 atom stereocenters. The number of para-hydroxylation sites is 8. The summed E-state index contributed by atoms with van der Waals surface area (Å²) in [5, 5.41) is 6.69. The van der Waals surface area contributed by atoms with Crippen LogP contribution >= 0.6 is 0 Å². The van der Waals surface area contributed by atoms with E-state index in [4.69, 9.17) is 13.6 Å². The Balaban J connectivity index is 1.09. The molecule has 0 saturated carbocycles. The van der Waals surface area contributed by atoms with Gasteiger partial charge >= 0.3 is 0 Å². The van der Waals surface area contributed by atoms with Gasteiger partial charge in [0.25, 0.3) is 0 Å². The highest BCUT2D eigenvalue weighted by Crippen LogP contribution is 2.49. The summed E-state index contributed by atoms with van der Waals surface area (Å²) < 4.78 is 22.0. The predicted octanol–water partition coefficient (Wildman–Crippen LogP) is 13.8. The average molecular weight is 681 g/mol. The van der Waals surface area contributed by atoms with Crippen LogP contribution < -0.4 is 9.64 Å². The van der Waals surface area contributed by atoms with E-state index in [2.05, 4.69) is 143 Å². The van der Waals surface area contributed by atoms with Crippen LogP contribution in [-0.2, 0) is 0 Å². The van der Waals surface area contributed by atoms with Crippen molar-refractivity contribution >= 4 is 82.7 Å². The van der Waals surface area contributed by atoms with E-state index in [1.165, 1.54) is 10.8 Å². The van der Waals surface area contributed by atoms with Gasteiger partial charge in [-0.15, -0.1) is 0 Å². The molecule has 0 amide bonds. The van der Waals surface area contributed by atoms with E-state index >= 15 is 0 Å². The molecule has 0 saturated heterocycles. The summed E-state index contributed by atoms with van der Waals surface area (Å²) in [4.78, 5) is 2.27. The summed E-state index contributed by atoms with van der Waals surface area (Å²) in [7, 11) is 0. The normalized spacial score (nSPS) is 12.3. The van der Waals surface area contributed by atoms with Crippen molar-refractivity contribution in [3.05, 3.63) is 170 Å². The van der Waals surface area contributed by atoms with Crippen molar-refractivity contribution in [3.63, 3.8) is 0 Å². The zero-order valence-electron chi connectivity index (χ0n) is 28.3. The largest absolute Gasteiger partial charge is 0.454 e. The van der Waals surface area contributed by atoms with Gasteiger partial charge in [0, 0.05) is 43.6 Å². The van der Waals surface area contributed by atoms with Crippen LogP contribution in [0.4, 0.5) is 17.1 Å². The maximum absolute atomic E-state index is 6.63. The van der Waals surface area contributed by atoms with Crippen LogP contribution in [0.1, 0.15) is 0 Å². The average Bonchev–Trinajstić information content (AvgIpc) is 3.90. The van der Waals surface area contributed by atoms with Crippen LogP contribution in [0.2, 0.25) is 0 Å². The summed E-state index contributed by atoms with van der Waals surface area (Å²) >= 11 is 0. The van der Waals surface area contributed by atoms with Gasteiger partial charge in [0.05, 0.1) is 28.1 Å². The Morgan fingerprint density at radius 3 is 1.62 bits per heavy atom. The van der Waals surface area contributed by atoms with Gasteiger partial charge < -0.3 is 23.0 Å². The lowest BCUT2D eigenvalue weighted by Crippen LogP contribution is -2.10. The van der Waals surface area contributed by atoms with Gasteiger partial charge in [-0.2, -0.15) is 0 Å². The lowest BCUT2D eigenvalue weighted by atomic mass is 10.0. The van der Waals surface area contributed by atoms with Crippen molar-refractivity contribution in [2.75, 3.05) is 4.90 Å². The van der Waals surface area contributed by atoms with Crippen molar-refractivity contribution < 1.29 is 13.6 Å². The zero-order valence-corrected chi connectivity index (χ0v) is 28.3. The highest BCUT2D eigenvalue weighted by molar-refractivity contribution is 6.17. The molecule has 0 unspecified atom stereocenters. The number of furan rings is 2. The number of nitrogens with zero attached hydrogens (tertiary/aromatic N) is 2. The lowest BCUT2D eigenvalue weighted by molar-refractivity contribution is 0.476. The van der Waals surface area contributed by atoms with Crippen LogP contribution in [0.5, 0.6) is 11.5 Å². The molecule has 0 N–H and O–H groups in total. The maximum atomic E-state index is 6.63. The standard InChI is InChI=1S/C48H28N2O3/c1-4-21-41-32(11-1)36-16-8-19-39(47(36)52-41)49(40-20-9-17-37-33-12-2-5-22-42(33)53-48(37)40)30-27-25-29(26-28-30)31-13-7-14-34-35-15-10-24-44-46(35)50(45(31)34)38-18-3-6-23-43(38)51-44/h1-28H. The zero-order chi connectivity index (χ0) is 34.6. The number of ether oxygens (including phenoxy) is 1. The first-order valence-electron chi connectivity index (χ1n) is 17.8. The molecule has 3 aromatic heterocycles. The van der Waals surface area contributed by atoms with Crippen LogP contribution in [0.3, 0.4) is 0 Å². The lowest BCUT2D eigenvalue weighted by Gasteiger charge is -2.26. The van der Waals surface area contributed by atoms with Gasteiger partial charge in [-0.1, -0.05) is 115 Å². The van der Waals surface area contributed by atoms with Crippen LogP contribution in [0.15, 0.2) is 179 Å². The molecular weight excluding hydrogens is 653 g/mol. The summed E-state index contributed by atoms with van der Waals surface area (Å²) in [5.41, 5.74) is 11.8. The Labute approximate surface area is 303 Å². The van der Waals surface area contributed by atoms with Gasteiger partial charge in [-0.3, -0.25) is 0 Å². The molecule has 8 aromatic carbocycles. The minimum Gasteiger partial charge on any atom is -0.454 e. The second-order valence-electron chi connectivity index (χ2n) is 13.6.